The molecule has 6 nitrogen and oxygen atoms in total. The molecule has 0 saturated carbocycles. The minimum absolute atomic E-state index is 0.102. The Hall–Kier alpha value is -0.580. The summed E-state index contributed by atoms with van der Waals surface area (Å²) in [6, 6.07) is 0. The highest BCUT2D eigenvalue weighted by molar-refractivity contribution is 7.54. The molecule has 0 amide bonds. The minimum atomic E-state index is -3.48. The molecule has 1 atom stereocenters. The lowest BCUT2D eigenvalue weighted by Crippen LogP contribution is -2.19. The zero-order valence-electron chi connectivity index (χ0n) is 9.84. The lowest BCUT2D eigenvalue weighted by atomic mass is 10.5. The molecule has 1 rings (SSSR count). The third-order valence-corrected chi connectivity index (χ3v) is 4.04. The Bertz CT molecular complexity index is 286. The van der Waals surface area contributed by atoms with Crippen LogP contribution in [0.25, 0.3) is 0 Å². The maximum atomic E-state index is 12.4. The van der Waals surface area contributed by atoms with Crippen molar-refractivity contribution in [2.24, 2.45) is 0 Å². The van der Waals surface area contributed by atoms with Crippen LogP contribution in [0.2, 0.25) is 0 Å². The van der Waals surface area contributed by atoms with Gasteiger partial charge < -0.3 is 18.5 Å². The number of carbonyl (C=O) groups excluding carboxylic acids is 1. The molecule has 1 fully saturated rings. The average molecular weight is 252 g/mol. The van der Waals surface area contributed by atoms with E-state index in [0.717, 1.165) is 0 Å². The monoisotopic (exact) mass is 252 g/mol. The van der Waals surface area contributed by atoms with E-state index in [1.165, 1.54) is 0 Å². The van der Waals surface area contributed by atoms with Gasteiger partial charge in [-0.15, -0.1) is 0 Å². The van der Waals surface area contributed by atoms with Gasteiger partial charge in [0.1, 0.15) is 6.61 Å². The molecular weight excluding hydrogens is 235 g/mol. The van der Waals surface area contributed by atoms with Gasteiger partial charge in [0.05, 0.1) is 12.2 Å². The number of cyclic esters (lactones) is 2. The van der Waals surface area contributed by atoms with Crippen LogP contribution in [0.4, 0.5) is 4.79 Å². The van der Waals surface area contributed by atoms with Gasteiger partial charge in [-0.1, -0.05) is 0 Å². The average Bonchev–Trinajstić information content (AvgIpc) is 2.48. The molecule has 0 aromatic heterocycles. The van der Waals surface area contributed by atoms with E-state index in [0.29, 0.717) is 0 Å². The number of hydrogen-bond donors (Lipinski definition) is 0. The molecule has 0 radical (unpaired) electrons. The van der Waals surface area contributed by atoms with Gasteiger partial charge in [-0.25, -0.2) is 4.79 Å². The van der Waals surface area contributed by atoms with E-state index in [2.05, 4.69) is 4.74 Å². The van der Waals surface area contributed by atoms with Crippen LogP contribution in [0, 0.1) is 0 Å². The summed E-state index contributed by atoms with van der Waals surface area (Å²) in [6.45, 7) is 6.82. The van der Waals surface area contributed by atoms with Gasteiger partial charge in [0.25, 0.3) is 0 Å². The summed E-state index contributed by atoms with van der Waals surface area (Å²) < 4.78 is 32.2. The fourth-order valence-electron chi connectivity index (χ4n) is 1.22. The van der Waals surface area contributed by atoms with Gasteiger partial charge >= 0.3 is 13.8 Å². The number of rotatable bonds is 5. The summed E-state index contributed by atoms with van der Waals surface area (Å²) in [5.74, 6) is -0.968. The maximum absolute atomic E-state index is 12.4. The Morgan fingerprint density at radius 1 is 1.25 bits per heavy atom. The topological polar surface area (TPSA) is 71.1 Å². The Labute approximate surface area is 94.7 Å². The standard InChI is InChI=1S/C9H17O6P/c1-6(2)14-16(11,15-7(3)4)8-5-12-9(10)13-8/h6-8H,5H2,1-4H3. The highest BCUT2D eigenvalue weighted by atomic mass is 31.2. The summed E-state index contributed by atoms with van der Waals surface area (Å²) in [5, 5.41) is 0. The largest absolute Gasteiger partial charge is 0.509 e. The van der Waals surface area contributed by atoms with Crippen molar-refractivity contribution < 1.29 is 27.9 Å². The van der Waals surface area contributed by atoms with Gasteiger partial charge in [-0.3, -0.25) is 4.57 Å². The van der Waals surface area contributed by atoms with Crippen molar-refractivity contribution in [3.63, 3.8) is 0 Å². The van der Waals surface area contributed by atoms with Crippen molar-refractivity contribution in [2.45, 2.75) is 45.7 Å². The van der Waals surface area contributed by atoms with Gasteiger partial charge in [0, 0.05) is 0 Å². The molecule has 0 aromatic carbocycles. The Morgan fingerprint density at radius 3 is 2.06 bits per heavy atom. The Balaban J connectivity index is 2.77. The van der Waals surface area contributed by atoms with Crippen molar-refractivity contribution in [3.8, 4) is 0 Å². The first-order chi connectivity index (χ1) is 7.33. The molecule has 94 valence electrons. The van der Waals surface area contributed by atoms with Crippen LogP contribution in [0.5, 0.6) is 0 Å². The second kappa shape index (κ2) is 5.17. The van der Waals surface area contributed by atoms with Crippen LogP contribution in [0.1, 0.15) is 27.7 Å². The zero-order valence-corrected chi connectivity index (χ0v) is 10.7. The van der Waals surface area contributed by atoms with E-state index < -0.39 is 19.6 Å². The predicted octanol–water partition coefficient (Wildman–Crippen LogP) is 2.52. The SMILES string of the molecule is CC(C)OP(=O)(OC(C)C)C1COC(=O)O1. The van der Waals surface area contributed by atoms with Crippen molar-refractivity contribution in [3.05, 3.63) is 0 Å². The van der Waals surface area contributed by atoms with Crippen LogP contribution in [0.15, 0.2) is 0 Å². The molecule has 0 aromatic rings. The van der Waals surface area contributed by atoms with E-state index in [1.807, 2.05) is 0 Å². The van der Waals surface area contributed by atoms with Crippen molar-refractivity contribution in [1.82, 2.24) is 0 Å². The third kappa shape index (κ3) is 3.47. The number of carbonyl (C=O) groups is 1. The summed E-state index contributed by atoms with van der Waals surface area (Å²) in [6.07, 6.45) is -1.42. The van der Waals surface area contributed by atoms with Crippen molar-refractivity contribution in [1.29, 1.82) is 0 Å². The highest BCUT2D eigenvalue weighted by Crippen LogP contribution is 2.56. The summed E-state index contributed by atoms with van der Waals surface area (Å²) in [4.78, 5) is 10.8. The molecule has 1 aliphatic heterocycles. The van der Waals surface area contributed by atoms with E-state index >= 15 is 0 Å². The van der Waals surface area contributed by atoms with Crippen LogP contribution in [-0.4, -0.2) is 30.8 Å². The predicted molar refractivity (Wildman–Crippen MR) is 56.3 cm³/mol. The smallest absolute Gasteiger partial charge is 0.430 e. The number of hydrogen-bond acceptors (Lipinski definition) is 6. The van der Waals surface area contributed by atoms with Gasteiger partial charge in [0.2, 0.25) is 5.85 Å². The zero-order chi connectivity index (χ0) is 12.3. The molecule has 1 heterocycles. The van der Waals surface area contributed by atoms with Crippen LogP contribution in [-0.2, 0) is 23.1 Å². The normalized spacial score (nSPS) is 21.4. The first-order valence-corrected chi connectivity index (χ1v) is 6.74. The summed E-state index contributed by atoms with van der Waals surface area (Å²) in [7, 11) is -3.48. The van der Waals surface area contributed by atoms with Crippen LogP contribution >= 0.6 is 7.60 Å². The lowest BCUT2D eigenvalue weighted by Gasteiger charge is -2.24. The van der Waals surface area contributed by atoms with Gasteiger partial charge in [-0.2, -0.15) is 0 Å². The second-order valence-electron chi connectivity index (χ2n) is 3.98. The molecule has 0 spiro atoms. The van der Waals surface area contributed by atoms with E-state index in [1.54, 1.807) is 27.7 Å². The first kappa shape index (κ1) is 13.5. The fourth-order valence-corrected chi connectivity index (χ4v) is 3.19. The Kier molecular flexibility index (Phi) is 4.35. The molecule has 1 unspecified atom stereocenters. The van der Waals surface area contributed by atoms with E-state index in [-0.39, 0.29) is 18.8 Å². The second-order valence-corrected chi connectivity index (χ2v) is 6.06. The van der Waals surface area contributed by atoms with E-state index in [4.69, 9.17) is 13.8 Å². The molecule has 7 heteroatoms. The first-order valence-electron chi connectivity index (χ1n) is 5.13. The molecule has 0 bridgehead atoms. The summed E-state index contributed by atoms with van der Waals surface area (Å²) in [5.41, 5.74) is 0. The van der Waals surface area contributed by atoms with Crippen LogP contribution in [0.3, 0.4) is 0 Å². The minimum Gasteiger partial charge on any atom is -0.430 e. The quantitative estimate of drug-likeness (QED) is 0.553. The lowest BCUT2D eigenvalue weighted by molar-refractivity contribution is 0.0971. The third-order valence-electron chi connectivity index (χ3n) is 1.64. The molecular formula is C9H17O6P. The van der Waals surface area contributed by atoms with Gasteiger partial charge in [0.15, 0.2) is 0 Å². The van der Waals surface area contributed by atoms with E-state index in [9.17, 15) is 9.36 Å². The molecule has 1 saturated heterocycles. The van der Waals surface area contributed by atoms with Gasteiger partial charge in [-0.05, 0) is 27.7 Å². The molecule has 0 N–H and O–H groups in total. The number of ether oxygens (including phenoxy) is 2. The van der Waals surface area contributed by atoms with Crippen molar-refractivity contribution in [2.75, 3.05) is 6.61 Å². The summed E-state index contributed by atoms with van der Waals surface area (Å²) >= 11 is 0. The molecule has 0 aliphatic carbocycles. The fraction of sp³-hybridized carbons (Fsp3) is 0.889. The highest BCUT2D eigenvalue weighted by Gasteiger charge is 2.45. The van der Waals surface area contributed by atoms with Crippen molar-refractivity contribution >= 4 is 13.8 Å². The molecule has 1 aliphatic rings. The van der Waals surface area contributed by atoms with Crippen LogP contribution < -0.4 is 0 Å². The Morgan fingerprint density at radius 2 is 1.75 bits per heavy atom. The molecule has 16 heavy (non-hydrogen) atoms. The maximum Gasteiger partial charge on any atom is 0.509 e.